The second kappa shape index (κ2) is 1.65. The summed E-state index contributed by atoms with van der Waals surface area (Å²) in [5.74, 6) is 0. The Hall–Kier alpha value is -0.730. The summed E-state index contributed by atoms with van der Waals surface area (Å²) in [4.78, 5) is 12.9. The van der Waals surface area contributed by atoms with Crippen LogP contribution in [0.5, 0.6) is 0 Å². The Kier molecular flexibility index (Phi) is 0.993. The van der Waals surface area contributed by atoms with Crippen LogP contribution in [0.15, 0.2) is 0 Å². The molecule has 1 N–H and O–H groups in total. The van der Waals surface area contributed by atoms with Gasteiger partial charge >= 0.3 is 6.03 Å². The van der Waals surface area contributed by atoms with Gasteiger partial charge in [0.15, 0.2) is 0 Å². The molecule has 1 saturated carbocycles. The van der Waals surface area contributed by atoms with Crippen molar-refractivity contribution < 1.29 is 4.79 Å². The molecule has 0 aromatic heterocycles. The lowest BCUT2D eigenvalue weighted by molar-refractivity contribution is 0.162. The standard InChI is InChI=1S/C7H12N2O/c1-9-6(10)8-5-4-7(9)2-3-7/h2-5H2,1H3,(H,8,10). The molecule has 0 atom stereocenters. The van der Waals surface area contributed by atoms with Crippen LogP contribution in [0.3, 0.4) is 0 Å². The van der Waals surface area contributed by atoms with Gasteiger partial charge in [-0.1, -0.05) is 0 Å². The van der Waals surface area contributed by atoms with Crippen molar-refractivity contribution in [1.82, 2.24) is 10.2 Å². The fourth-order valence-electron chi connectivity index (χ4n) is 1.63. The van der Waals surface area contributed by atoms with Crippen molar-refractivity contribution >= 4 is 6.03 Å². The lowest BCUT2D eigenvalue weighted by Gasteiger charge is -2.33. The summed E-state index contributed by atoms with van der Waals surface area (Å²) in [6.45, 7) is 0.864. The second-order valence-corrected chi connectivity index (χ2v) is 3.27. The molecule has 2 fully saturated rings. The van der Waals surface area contributed by atoms with Gasteiger partial charge in [0.1, 0.15) is 0 Å². The van der Waals surface area contributed by atoms with Crippen LogP contribution in [-0.4, -0.2) is 30.1 Å². The molecule has 0 bridgehead atoms. The molecule has 0 aromatic carbocycles. The van der Waals surface area contributed by atoms with E-state index in [-0.39, 0.29) is 11.6 Å². The zero-order valence-electron chi connectivity index (χ0n) is 6.18. The number of rotatable bonds is 0. The number of nitrogens with zero attached hydrogens (tertiary/aromatic N) is 1. The van der Waals surface area contributed by atoms with Gasteiger partial charge in [-0.25, -0.2) is 4.79 Å². The van der Waals surface area contributed by atoms with Crippen LogP contribution in [0.1, 0.15) is 19.3 Å². The first-order valence-corrected chi connectivity index (χ1v) is 3.76. The van der Waals surface area contributed by atoms with Crippen molar-refractivity contribution in [1.29, 1.82) is 0 Å². The Morgan fingerprint density at radius 3 is 2.70 bits per heavy atom. The maximum Gasteiger partial charge on any atom is 0.317 e. The van der Waals surface area contributed by atoms with E-state index >= 15 is 0 Å². The monoisotopic (exact) mass is 140 g/mol. The van der Waals surface area contributed by atoms with E-state index in [0.29, 0.717) is 0 Å². The first kappa shape index (κ1) is 6.01. The molecule has 1 spiro atoms. The third kappa shape index (κ3) is 0.632. The minimum absolute atomic E-state index is 0.101. The first-order chi connectivity index (χ1) is 4.75. The highest BCUT2D eigenvalue weighted by Crippen LogP contribution is 2.44. The summed E-state index contributed by atoms with van der Waals surface area (Å²) in [6.07, 6.45) is 3.54. The van der Waals surface area contributed by atoms with Crippen molar-refractivity contribution in [3.8, 4) is 0 Å². The number of carbonyl (C=O) groups excluding carboxylic acids is 1. The Labute approximate surface area is 60.4 Å². The van der Waals surface area contributed by atoms with Gasteiger partial charge in [0.05, 0.1) is 0 Å². The lowest BCUT2D eigenvalue weighted by atomic mass is 10.1. The Morgan fingerprint density at radius 2 is 2.20 bits per heavy atom. The van der Waals surface area contributed by atoms with Crippen LogP contribution in [0.2, 0.25) is 0 Å². The van der Waals surface area contributed by atoms with Gasteiger partial charge in [-0.05, 0) is 19.3 Å². The molecule has 1 saturated heterocycles. The van der Waals surface area contributed by atoms with E-state index < -0.39 is 0 Å². The van der Waals surface area contributed by atoms with Gasteiger partial charge in [-0.2, -0.15) is 0 Å². The molecule has 2 aliphatic rings. The molecule has 56 valence electrons. The maximum atomic E-state index is 11.1. The predicted molar refractivity (Wildman–Crippen MR) is 37.7 cm³/mol. The molecule has 3 heteroatoms. The highest BCUT2D eigenvalue weighted by molar-refractivity contribution is 5.76. The average molecular weight is 140 g/mol. The van der Waals surface area contributed by atoms with Gasteiger partial charge in [0, 0.05) is 19.1 Å². The van der Waals surface area contributed by atoms with Crippen LogP contribution in [0.25, 0.3) is 0 Å². The molecule has 2 rings (SSSR count). The van der Waals surface area contributed by atoms with E-state index in [9.17, 15) is 4.79 Å². The SMILES string of the molecule is CN1C(=O)NCCC12CC2. The number of amides is 2. The third-order valence-electron chi connectivity index (χ3n) is 2.71. The highest BCUT2D eigenvalue weighted by atomic mass is 16.2. The van der Waals surface area contributed by atoms with Crippen LogP contribution in [-0.2, 0) is 0 Å². The minimum Gasteiger partial charge on any atom is -0.338 e. The Morgan fingerprint density at radius 1 is 1.50 bits per heavy atom. The van der Waals surface area contributed by atoms with E-state index in [2.05, 4.69) is 5.32 Å². The maximum absolute atomic E-state index is 11.1. The molecular formula is C7H12N2O. The zero-order chi connectivity index (χ0) is 7.19. The number of urea groups is 1. The smallest absolute Gasteiger partial charge is 0.317 e. The highest BCUT2D eigenvalue weighted by Gasteiger charge is 2.49. The molecule has 0 radical (unpaired) electrons. The summed E-state index contributed by atoms with van der Waals surface area (Å²) in [7, 11) is 1.89. The van der Waals surface area contributed by atoms with Gasteiger partial charge in [-0.15, -0.1) is 0 Å². The summed E-state index contributed by atoms with van der Waals surface area (Å²) < 4.78 is 0. The van der Waals surface area contributed by atoms with Gasteiger partial charge in [0.25, 0.3) is 0 Å². The molecule has 1 aliphatic heterocycles. The molecular weight excluding hydrogens is 128 g/mol. The Balaban J connectivity index is 2.15. The van der Waals surface area contributed by atoms with Crippen LogP contribution in [0.4, 0.5) is 4.79 Å². The van der Waals surface area contributed by atoms with Crippen molar-refractivity contribution in [3.63, 3.8) is 0 Å². The zero-order valence-corrected chi connectivity index (χ0v) is 6.18. The summed E-state index contributed by atoms with van der Waals surface area (Å²) in [5, 5.41) is 2.81. The number of carbonyl (C=O) groups is 1. The average Bonchev–Trinajstić information content (AvgIpc) is 2.65. The third-order valence-corrected chi connectivity index (χ3v) is 2.71. The largest absolute Gasteiger partial charge is 0.338 e. The summed E-state index contributed by atoms with van der Waals surface area (Å²) in [5.41, 5.74) is 0.280. The molecule has 2 amide bonds. The molecule has 10 heavy (non-hydrogen) atoms. The second-order valence-electron chi connectivity index (χ2n) is 3.27. The van der Waals surface area contributed by atoms with Crippen molar-refractivity contribution in [2.24, 2.45) is 0 Å². The van der Waals surface area contributed by atoms with E-state index in [1.54, 1.807) is 0 Å². The molecule has 0 aromatic rings. The fourth-order valence-corrected chi connectivity index (χ4v) is 1.63. The van der Waals surface area contributed by atoms with Crippen LogP contribution >= 0.6 is 0 Å². The van der Waals surface area contributed by atoms with Crippen molar-refractivity contribution in [3.05, 3.63) is 0 Å². The predicted octanol–water partition coefficient (Wildman–Crippen LogP) is 0.564. The summed E-state index contributed by atoms with van der Waals surface area (Å²) >= 11 is 0. The fraction of sp³-hybridized carbons (Fsp3) is 0.857. The van der Waals surface area contributed by atoms with Gasteiger partial charge < -0.3 is 10.2 Å². The van der Waals surface area contributed by atoms with Crippen molar-refractivity contribution in [2.75, 3.05) is 13.6 Å². The Bertz CT molecular complexity index is 174. The normalized spacial score (nSPS) is 28.5. The first-order valence-electron chi connectivity index (χ1n) is 3.76. The van der Waals surface area contributed by atoms with E-state index in [0.717, 1.165) is 13.0 Å². The van der Waals surface area contributed by atoms with E-state index in [4.69, 9.17) is 0 Å². The van der Waals surface area contributed by atoms with Gasteiger partial charge in [-0.3, -0.25) is 0 Å². The summed E-state index contributed by atoms with van der Waals surface area (Å²) in [6, 6.07) is 0.101. The van der Waals surface area contributed by atoms with Crippen LogP contribution in [0, 0.1) is 0 Å². The minimum atomic E-state index is 0.101. The van der Waals surface area contributed by atoms with E-state index in [1.165, 1.54) is 12.8 Å². The number of nitrogens with one attached hydrogen (secondary N) is 1. The molecule has 1 heterocycles. The van der Waals surface area contributed by atoms with Crippen molar-refractivity contribution in [2.45, 2.75) is 24.8 Å². The quantitative estimate of drug-likeness (QED) is 0.524. The lowest BCUT2D eigenvalue weighted by Crippen LogP contribution is -2.51. The molecule has 1 aliphatic carbocycles. The van der Waals surface area contributed by atoms with E-state index in [1.807, 2.05) is 11.9 Å². The molecule has 0 unspecified atom stereocenters. The topological polar surface area (TPSA) is 32.3 Å². The number of hydrogen-bond donors (Lipinski definition) is 1. The van der Waals surface area contributed by atoms with Crippen LogP contribution < -0.4 is 5.32 Å². The number of hydrogen-bond acceptors (Lipinski definition) is 1. The van der Waals surface area contributed by atoms with Gasteiger partial charge in [0.2, 0.25) is 0 Å². The molecule has 3 nitrogen and oxygen atoms in total.